The number of rotatable bonds is 4. The van der Waals surface area contributed by atoms with E-state index in [9.17, 15) is 9.59 Å². The summed E-state index contributed by atoms with van der Waals surface area (Å²) in [7, 11) is 0. The van der Waals surface area contributed by atoms with E-state index in [0.717, 1.165) is 30.4 Å². The fourth-order valence-corrected chi connectivity index (χ4v) is 2.69. The second-order valence-electron chi connectivity index (χ2n) is 6.25. The minimum atomic E-state index is 0.0380. The minimum absolute atomic E-state index is 0.0380. The Labute approximate surface area is 132 Å². The maximum Gasteiger partial charge on any atom is 0.253 e. The number of amides is 2. The SMILES string of the molecule is CC[C@H](C)NC(=O)C1CCN(C(=O)c2ccc(C)cc2)CC1. The fraction of sp³-hybridized carbons (Fsp3) is 0.556. The van der Waals surface area contributed by atoms with Gasteiger partial charge >= 0.3 is 0 Å². The van der Waals surface area contributed by atoms with Crippen LogP contribution in [0.4, 0.5) is 0 Å². The Morgan fingerprint density at radius 2 is 1.82 bits per heavy atom. The maximum absolute atomic E-state index is 12.4. The standard InChI is InChI=1S/C18H26N2O2/c1-4-14(3)19-17(21)15-9-11-20(12-10-15)18(22)16-7-5-13(2)6-8-16/h5-8,14-15H,4,9-12H2,1-3H3,(H,19,21)/t14-/m0/s1. The fourth-order valence-electron chi connectivity index (χ4n) is 2.69. The van der Waals surface area contributed by atoms with Crippen molar-refractivity contribution in [2.24, 2.45) is 5.92 Å². The predicted molar refractivity (Wildman–Crippen MR) is 87.7 cm³/mol. The Balaban J connectivity index is 1.87. The average molecular weight is 302 g/mol. The lowest BCUT2D eigenvalue weighted by Crippen LogP contribution is -2.44. The summed E-state index contributed by atoms with van der Waals surface area (Å²) in [6.07, 6.45) is 2.44. The third kappa shape index (κ3) is 4.09. The van der Waals surface area contributed by atoms with Crippen LogP contribution in [-0.2, 0) is 4.79 Å². The molecule has 4 nitrogen and oxygen atoms in total. The highest BCUT2D eigenvalue weighted by atomic mass is 16.2. The molecule has 1 N–H and O–H groups in total. The molecule has 2 amide bonds. The van der Waals surface area contributed by atoms with Crippen molar-refractivity contribution >= 4 is 11.8 Å². The zero-order chi connectivity index (χ0) is 16.1. The van der Waals surface area contributed by atoms with E-state index < -0.39 is 0 Å². The lowest BCUT2D eigenvalue weighted by molar-refractivity contribution is -0.126. The van der Waals surface area contributed by atoms with Gasteiger partial charge in [-0.1, -0.05) is 24.6 Å². The van der Waals surface area contributed by atoms with Crippen LogP contribution in [0.3, 0.4) is 0 Å². The molecule has 0 saturated carbocycles. The van der Waals surface area contributed by atoms with Gasteiger partial charge in [0.25, 0.3) is 5.91 Å². The number of nitrogens with one attached hydrogen (secondary N) is 1. The Morgan fingerprint density at radius 3 is 2.36 bits per heavy atom. The highest BCUT2D eigenvalue weighted by molar-refractivity contribution is 5.94. The van der Waals surface area contributed by atoms with Gasteiger partial charge in [-0.25, -0.2) is 0 Å². The van der Waals surface area contributed by atoms with Crippen molar-refractivity contribution < 1.29 is 9.59 Å². The van der Waals surface area contributed by atoms with Gasteiger partial charge in [0.15, 0.2) is 0 Å². The zero-order valence-electron chi connectivity index (χ0n) is 13.8. The van der Waals surface area contributed by atoms with Crippen molar-refractivity contribution in [3.8, 4) is 0 Å². The molecule has 0 aliphatic carbocycles. The van der Waals surface area contributed by atoms with Crippen LogP contribution in [0.25, 0.3) is 0 Å². The summed E-state index contributed by atoms with van der Waals surface area (Å²) in [6.45, 7) is 7.41. The van der Waals surface area contributed by atoms with Gasteiger partial charge in [-0.15, -0.1) is 0 Å². The molecule has 1 atom stereocenters. The molecule has 0 aromatic heterocycles. The number of carbonyl (C=O) groups is 2. The quantitative estimate of drug-likeness (QED) is 0.929. The van der Waals surface area contributed by atoms with Gasteiger partial charge in [0, 0.05) is 30.6 Å². The summed E-state index contributed by atoms with van der Waals surface area (Å²) in [4.78, 5) is 26.4. The minimum Gasteiger partial charge on any atom is -0.353 e. The Hall–Kier alpha value is -1.84. The molecule has 0 bridgehead atoms. The Bertz CT molecular complexity index is 516. The molecule has 1 aliphatic heterocycles. The van der Waals surface area contributed by atoms with Crippen molar-refractivity contribution in [3.05, 3.63) is 35.4 Å². The number of aryl methyl sites for hydroxylation is 1. The molecule has 0 spiro atoms. The molecule has 1 fully saturated rings. The van der Waals surface area contributed by atoms with Crippen LogP contribution in [0.2, 0.25) is 0 Å². The summed E-state index contributed by atoms with van der Waals surface area (Å²) in [5.41, 5.74) is 1.88. The van der Waals surface area contributed by atoms with E-state index in [0.29, 0.717) is 13.1 Å². The van der Waals surface area contributed by atoms with Crippen LogP contribution in [0.5, 0.6) is 0 Å². The second-order valence-corrected chi connectivity index (χ2v) is 6.25. The van der Waals surface area contributed by atoms with Crippen molar-refractivity contribution in [2.75, 3.05) is 13.1 Å². The monoisotopic (exact) mass is 302 g/mol. The third-order valence-electron chi connectivity index (χ3n) is 4.45. The van der Waals surface area contributed by atoms with Crippen molar-refractivity contribution in [3.63, 3.8) is 0 Å². The van der Waals surface area contributed by atoms with Gasteiger partial charge < -0.3 is 10.2 Å². The molecule has 1 aromatic rings. The number of hydrogen-bond donors (Lipinski definition) is 1. The molecule has 120 valence electrons. The maximum atomic E-state index is 12.4. The Kier molecular flexibility index (Phi) is 5.58. The number of piperidine rings is 1. The smallest absolute Gasteiger partial charge is 0.253 e. The third-order valence-corrected chi connectivity index (χ3v) is 4.45. The van der Waals surface area contributed by atoms with Gasteiger partial charge in [-0.2, -0.15) is 0 Å². The van der Waals surface area contributed by atoms with Gasteiger partial charge in [0.2, 0.25) is 5.91 Å². The number of nitrogens with zero attached hydrogens (tertiary/aromatic N) is 1. The van der Waals surface area contributed by atoms with Crippen molar-refractivity contribution in [1.82, 2.24) is 10.2 Å². The molecule has 4 heteroatoms. The lowest BCUT2D eigenvalue weighted by Gasteiger charge is -2.32. The summed E-state index contributed by atoms with van der Waals surface area (Å²) < 4.78 is 0. The molecule has 0 radical (unpaired) electrons. The number of likely N-dealkylation sites (tertiary alicyclic amines) is 1. The molecule has 1 aliphatic rings. The highest BCUT2D eigenvalue weighted by Crippen LogP contribution is 2.19. The predicted octanol–water partition coefficient (Wildman–Crippen LogP) is 2.76. The van der Waals surface area contributed by atoms with Gasteiger partial charge in [-0.3, -0.25) is 9.59 Å². The van der Waals surface area contributed by atoms with Crippen LogP contribution < -0.4 is 5.32 Å². The number of hydrogen-bond acceptors (Lipinski definition) is 2. The van der Waals surface area contributed by atoms with Crippen molar-refractivity contribution in [2.45, 2.75) is 46.1 Å². The lowest BCUT2D eigenvalue weighted by atomic mass is 9.95. The molecular formula is C18H26N2O2. The number of carbonyl (C=O) groups excluding carboxylic acids is 2. The summed E-state index contributed by atoms with van der Waals surface area (Å²) >= 11 is 0. The number of benzene rings is 1. The molecule has 1 saturated heterocycles. The molecule has 22 heavy (non-hydrogen) atoms. The van der Waals surface area contributed by atoms with Crippen LogP contribution in [-0.4, -0.2) is 35.8 Å². The van der Waals surface area contributed by atoms with Crippen LogP contribution in [0.15, 0.2) is 24.3 Å². The molecular weight excluding hydrogens is 276 g/mol. The van der Waals surface area contributed by atoms with E-state index in [2.05, 4.69) is 12.2 Å². The van der Waals surface area contributed by atoms with Gasteiger partial charge in [0.05, 0.1) is 0 Å². The van der Waals surface area contributed by atoms with Gasteiger partial charge in [-0.05, 0) is 45.2 Å². The van der Waals surface area contributed by atoms with E-state index >= 15 is 0 Å². The van der Waals surface area contributed by atoms with Crippen molar-refractivity contribution in [1.29, 1.82) is 0 Å². The first-order chi connectivity index (χ1) is 10.5. The normalized spacial score (nSPS) is 17.1. The van der Waals surface area contributed by atoms with E-state index in [-0.39, 0.29) is 23.8 Å². The Morgan fingerprint density at radius 1 is 1.23 bits per heavy atom. The van der Waals surface area contributed by atoms with E-state index in [1.165, 1.54) is 0 Å². The van der Waals surface area contributed by atoms with Gasteiger partial charge in [0.1, 0.15) is 0 Å². The summed E-state index contributed by atoms with van der Waals surface area (Å²) in [5, 5.41) is 3.04. The topological polar surface area (TPSA) is 49.4 Å². The van der Waals surface area contributed by atoms with Crippen LogP contribution in [0.1, 0.15) is 49.0 Å². The van der Waals surface area contributed by atoms with E-state index in [4.69, 9.17) is 0 Å². The summed E-state index contributed by atoms with van der Waals surface area (Å²) in [6, 6.07) is 7.89. The molecule has 0 unspecified atom stereocenters. The first-order valence-electron chi connectivity index (χ1n) is 8.17. The zero-order valence-corrected chi connectivity index (χ0v) is 13.8. The van der Waals surface area contributed by atoms with Crippen LogP contribution >= 0.6 is 0 Å². The average Bonchev–Trinajstić information content (AvgIpc) is 2.55. The molecule has 2 rings (SSSR count). The largest absolute Gasteiger partial charge is 0.353 e. The first-order valence-corrected chi connectivity index (χ1v) is 8.17. The first kappa shape index (κ1) is 16.5. The van der Waals surface area contributed by atoms with E-state index in [1.807, 2.05) is 43.0 Å². The highest BCUT2D eigenvalue weighted by Gasteiger charge is 2.28. The second kappa shape index (κ2) is 7.43. The van der Waals surface area contributed by atoms with Crippen LogP contribution in [0, 0.1) is 12.8 Å². The van der Waals surface area contributed by atoms with E-state index in [1.54, 1.807) is 0 Å². The molecule has 1 heterocycles. The molecule has 1 aromatic carbocycles. The summed E-state index contributed by atoms with van der Waals surface area (Å²) in [5.74, 6) is 0.244.